The average Bonchev–Trinajstić information content (AvgIpc) is 2.41. The topological polar surface area (TPSA) is 55.1 Å². The van der Waals surface area contributed by atoms with Gasteiger partial charge in [0.2, 0.25) is 5.91 Å². The molecule has 124 valence electrons. The van der Waals surface area contributed by atoms with Crippen molar-refractivity contribution in [3.8, 4) is 0 Å². The van der Waals surface area contributed by atoms with Gasteiger partial charge in [-0.1, -0.05) is 53.4 Å². The van der Waals surface area contributed by atoms with Gasteiger partial charge in [-0.3, -0.25) is 4.79 Å². The number of nitrogens with one attached hydrogen (secondary N) is 1. The maximum atomic E-state index is 12.3. The van der Waals surface area contributed by atoms with Crippen molar-refractivity contribution in [2.24, 2.45) is 29.4 Å². The number of rotatable bonds is 8. The zero-order valence-electron chi connectivity index (χ0n) is 14.5. The molecule has 3 heteroatoms. The average molecular weight is 296 g/mol. The third-order valence-electron chi connectivity index (χ3n) is 5.03. The van der Waals surface area contributed by atoms with Crippen LogP contribution >= 0.6 is 0 Å². The zero-order valence-corrected chi connectivity index (χ0v) is 14.5. The largest absolute Gasteiger partial charge is 0.356 e. The summed E-state index contributed by atoms with van der Waals surface area (Å²) in [6.07, 6.45) is 8.18. The summed E-state index contributed by atoms with van der Waals surface area (Å²) in [5.41, 5.74) is 6.12. The highest BCUT2D eigenvalue weighted by atomic mass is 16.1. The van der Waals surface area contributed by atoms with Crippen LogP contribution in [0.4, 0.5) is 0 Å². The summed E-state index contributed by atoms with van der Waals surface area (Å²) in [5, 5.41) is 3.12. The van der Waals surface area contributed by atoms with E-state index in [9.17, 15) is 4.79 Å². The maximum absolute atomic E-state index is 12.3. The van der Waals surface area contributed by atoms with Crippen LogP contribution in [-0.2, 0) is 4.79 Å². The number of unbranched alkanes of at least 4 members (excludes halogenated alkanes) is 3. The van der Waals surface area contributed by atoms with Gasteiger partial charge in [-0.15, -0.1) is 0 Å². The van der Waals surface area contributed by atoms with Gasteiger partial charge in [-0.2, -0.15) is 0 Å². The second kappa shape index (κ2) is 9.45. The Bertz CT molecular complexity index is 304. The monoisotopic (exact) mass is 296 g/mol. The number of hydrogen-bond acceptors (Lipinski definition) is 2. The van der Waals surface area contributed by atoms with Crippen LogP contribution in [0.5, 0.6) is 0 Å². The number of carbonyl (C=O) groups is 1. The summed E-state index contributed by atoms with van der Waals surface area (Å²) >= 11 is 0. The van der Waals surface area contributed by atoms with E-state index in [1.165, 1.54) is 25.7 Å². The van der Waals surface area contributed by atoms with E-state index in [2.05, 4.69) is 33.0 Å². The fraction of sp³-hybridized carbons (Fsp3) is 0.944. The Labute approximate surface area is 131 Å². The minimum Gasteiger partial charge on any atom is -0.356 e. The van der Waals surface area contributed by atoms with Crippen LogP contribution in [-0.4, -0.2) is 18.5 Å². The molecule has 0 spiro atoms. The molecule has 1 fully saturated rings. The van der Waals surface area contributed by atoms with Crippen LogP contribution < -0.4 is 11.1 Å². The normalized spacial score (nSPS) is 29.6. The second-order valence-electron chi connectivity index (χ2n) is 7.58. The first-order chi connectivity index (χ1) is 9.91. The summed E-state index contributed by atoms with van der Waals surface area (Å²) in [6, 6.07) is 0.188. The molecule has 0 aromatic carbocycles. The Hall–Kier alpha value is -0.570. The number of nitrogens with two attached hydrogens (primary N) is 1. The minimum atomic E-state index is 0.122. The molecule has 1 saturated carbocycles. The molecule has 0 heterocycles. The molecular weight excluding hydrogens is 260 g/mol. The second-order valence-corrected chi connectivity index (χ2v) is 7.58. The first-order valence-electron chi connectivity index (χ1n) is 8.95. The van der Waals surface area contributed by atoms with Crippen molar-refractivity contribution in [2.75, 3.05) is 6.54 Å². The third-order valence-corrected chi connectivity index (χ3v) is 5.03. The molecule has 1 aliphatic carbocycles. The van der Waals surface area contributed by atoms with Crippen molar-refractivity contribution < 1.29 is 4.79 Å². The van der Waals surface area contributed by atoms with Crippen molar-refractivity contribution in [1.82, 2.24) is 5.32 Å². The quantitative estimate of drug-likeness (QED) is 0.671. The van der Waals surface area contributed by atoms with E-state index in [1.54, 1.807) is 0 Å². The number of amides is 1. The molecule has 1 amide bonds. The van der Waals surface area contributed by atoms with Crippen molar-refractivity contribution in [3.63, 3.8) is 0 Å². The highest BCUT2D eigenvalue weighted by Crippen LogP contribution is 2.32. The molecule has 0 aromatic rings. The summed E-state index contributed by atoms with van der Waals surface area (Å²) in [5.74, 6) is 2.17. The SMILES string of the molecule is CC(C)CCCCCCNC(=O)C1CC(N)C(C)CC1C. The lowest BCUT2D eigenvalue weighted by molar-refractivity contribution is -0.128. The molecule has 1 rings (SSSR count). The molecule has 21 heavy (non-hydrogen) atoms. The molecular formula is C18H36N2O. The molecule has 0 aromatic heterocycles. The molecule has 0 bridgehead atoms. The minimum absolute atomic E-state index is 0.122. The molecule has 4 unspecified atom stereocenters. The van der Waals surface area contributed by atoms with E-state index in [0.717, 1.165) is 31.7 Å². The van der Waals surface area contributed by atoms with Crippen LogP contribution in [0, 0.1) is 23.7 Å². The van der Waals surface area contributed by atoms with Crippen molar-refractivity contribution in [2.45, 2.75) is 78.7 Å². The summed E-state index contributed by atoms with van der Waals surface area (Å²) in [4.78, 5) is 12.3. The maximum Gasteiger partial charge on any atom is 0.223 e. The highest BCUT2D eigenvalue weighted by molar-refractivity contribution is 5.79. The van der Waals surface area contributed by atoms with Crippen molar-refractivity contribution in [1.29, 1.82) is 0 Å². The molecule has 1 aliphatic rings. The standard InChI is InChI=1S/C18H36N2O/c1-13(2)9-7-5-6-8-10-20-18(21)16-12-17(19)15(4)11-14(16)3/h13-17H,5-12,19H2,1-4H3,(H,20,21). The fourth-order valence-electron chi connectivity index (χ4n) is 3.42. The van der Waals surface area contributed by atoms with Crippen LogP contribution in [0.25, 0.3) is 0 Å². The van der Waals surface area contributed by atoms with Crippen molar-refractivity contribution in [3.05, 3.63) is 0 Å². The molecule has 3 N–H and O–H groups in total. The van der Waals surface area contributed by atoms with Gasteiger partial charge in [-0.05, 0) is 37.0 Å². The highest BCUT2D eigenvalue weighted by Gasteiger charge is 2.34. The Kier molecular flexibility index (Phi) is 8.31. The Morgan fingerprint density at radius 2 is 1.76 bits per heavy atom. The predicted molar refractivity (Wildman–Crippen MR) is 90.0 cm³/mol. The van der Waals surface area contributed by atoms with Crippen molar-refractivity contribution >= 4 is 5.91 Å². The lowest BCUT2D eigenvalue weighted by Crippen LogP contribution is -2.45. The third kappa shape index (κ3) is 6.82. The van der Waals surface area contributed by atoms with E-state index in [4.69, 9.17) is 5.73 Å². The Morgan fingerprint density at radius 3 is 2.43 bits per heavy atom. The Morgan fingerprint density at radius 1 is 1.10 bits per heavy atom. The van der Waals surface area contributed by atoms with Gasteiger partial charge in [0.1, 0.15) is 0 Å². The zero-order chi connectivity index (χ0) is 15.8. The summed E-state index contributed by atoms with van der Waals surface area (Å²) < 4.78 is 0. The fourth-order valence-corrected chi connectivity index (χ4v) is 3.42. The molecule has 0 radical (unpaired) electrons. The smallest absolute Gasteiger partial charge is 0.223 e. The van der Waals surface area contributed by atoms with Gasteiger partial charge in [0, 0.05) is 18.5 Å². The van der Waals surface area contributed by atoms with Gasteiger partial charge < -0.3 is 11.1 Å². The number of carbonyl (C=O) groups excluding carboxylic acids is 1. The van der Waals surface area contributed by atoms with E-state index >= 15 is 0 Å². The van der Waals surface area contributed by atoms with Crippen LogP contribution in [0.1, 0.15) is 72.6 Å². The van der Waals surface area contributed by atoms with Gasteiger partial charge in [0.25, 0.3) is 0 Å². The van der Waals surface area contributed by atoms with Gasteiger partial charge >= 0.3 is 0 Å². The van der Waals surface area contributed by atoms with Crippen LogP contribution in [0.15, 0.2) is 0 Å². The van der Waals surface area contributed by atoms with E-state index in [0.29, 0.717) is 11.8 Å². The molecule has 3 nitrogen and oxygen atoms in total. The van der Waals surface area contributed by atoms with Crippen LogP contribution in [0.2, 0.25) is 0 Å². The summed E-state index contributed by atoms with van der Waals surface area (Å²) in [7, 11) is 0. The van der Waals surface area contributed by atoms with E-state index < -0.39 is 0 Å². The predicted octanol–water partition coefficient (Wildman–Crippen LogP) is 3.72. The van der Waals surface area contributed by atoms with E-state index in [1.807, 2.05) is 0 Å². The van der Waals surface area contributed by atoms with Gasteiger partial charge in [0.15, 0.2) is 0 Å². The first kappa shape index (κ1) is 18.5. The lowest BCUT2D eigenvalue weighted by Gasteiger charge is -2.36. The summed E-state index contributed by atoms with van der Waals surface area (Å²) in [6.45, 7) is 9.77. The lowest BCUT2D eigenvalue weighted by atomic mass is 9.72. The van der Waals surface area contributed by atoms with Crippen LogP contribution in [0.3, 0.4) is 0 Å². The molecule has 4 atom stereocenters. The first-order valence-corrected chi connectivity index (χ1v) is 8.95. The van der Waals surface area contributed by atoms with Gasteiger partial charge in [0.05, 0.1) is 0 Å². The van der Waals surface area contributed by atoms with Gasteiger partial charge in [-0.25, -0.2) is 0 Å². The number of hydrogen-bond donors (Lipinski definition) is 2. The molecule has 0 aliphatic heterocycles. The Balaban J connectivity index is 2.13. The molecule has 0 saturated heterocycles. The van der Waals surface area contributed by atoms with E-state index in [-0.39, 0.29) is 17.9 Å².